The van der Waals surface area contributed by atoms with Gasteiger partial charge in [-0.05, 0) is 29.3 Å². The van der Waals surface area contributed by atoms with Crippen molar-refractivity contribution in [3.63, 3.8) is 0 Å². The minimum absolute atomic E-state index is 0.0174. The topological polar surface area (TPSA) is 78.5 Å². The van der Waals surface area contributed by atoms with Crippen LogP contribution in [0, 0.1) is 0 Å². The molecule has 82 valence electrons. The Morgan fingerprint density at radius 3 is 2.67 bits per heavy atom. The van der Waals surface area contributed by atoms with Gasteiger partial charge in [0.1, 0.15) is 5.75 Å². The molecule has 0 radical (unpaired) electrons. The predicted octanol–water partition coefficient (Wildman–Crippen LogP) is 0.892. The average Bonchev–Trinajstić information content (AvgIpc) is 2.16. The van der Waals surface area contributed by atoms with Gasteiger partial charge in [0.15, 0.2) is 0 Å². The van der Waals surface area contributed by atoms with Crippen molar-refractivity contribution in [3.8, 4) is 5.75 Å². The molecule has 15 heavy (non-hydrogen) atoms. The van der Waals surface area contributed by atoms with Crippen LogP contribution in [0.1, 0.15) is 6.92 Å². The number of amides is 1. The summed E-state index contributed by atoms with van der Waals surface area (Å²) in [5.74, 6) is -0.0137. The fourth-order valence-corrected chi connectivity index (χ4v) is 1.63. The summed E-state index contributed by atoms with van der Waals surface area (Å²) in [7, 11) is 1.38. The van der Waals surface area contributed by atoms with Crippen molar-refractivity contribution in [2.24, 2.45) is 0 Å². The summed E-state index contributed by atoms with van der Waals surface area (Å²) in [6.07, 6.45) is 0. The van der Waals surface area contributed by atoms with E-state index in [0.29, 0.717) is 5.69 Å². The third kappa shape index (κ3) is 3.03. The molecule has 1 atom stereocenters. The lowest BCUT2D eigenvalue weighted by atomic mass is 10.3. The molecule has 1 amide bonds. The molecule has 0 aliphatic heterocycles. The highest BCUT2D eigenvalue weighted by atomic mass is 32.2. The zero-order valence-corrected chi connectivity index (χ0v) is 9.09. The largest absolute Gasteiger partial charge is 0.768 e. The Hall–Kier alpha value is -1.40. The number of hydrogen-bond donors (Lipinski definition) is 1. The molecule has 0 heterocycles. The van der Waals surface area contributed by atoms with E-state index >= 15 is 0 Å². The van der Waals surface area contributed by atoms with E-state index in [1.807, 2.05) is 0 Å². The Labute approximate surface area is 89.7 Å². The second-order valence-electron chi connectivity index (χ2n) is 2.78. The fourth-order valence-electron chi connectivity index (χ4n) is 1.09. The quantitative estimate of drug-likeness (QED) is 0.779. The standard InChI is InChI=1S/C9H11NO4S/c1-6(11)10-7-3-4-8(14-2)9(5-7)15(12)13/h3-5H,1-2H3,(H,10,11)(H,12,13)/p-1. The van der Waals surface area contributed by atoms with Crippen LogP contribution in [0.3, 0.4) is 0 Å². The van der Waals surface area contributed by atoms with E-state index in [0.717, 1.165) is 0 Å². The highest BCUT2D eigenvalue weighted by Gasteiger charge is 2.05. The van der Waals surface area contributed by atoms with Crippen LogP contribution in [-0.2, 0) is 15.9 Å². The molecule has 0 aromatic heterocycles. The van der Waals surface area contributed by atoms with Crippen LogP contribution in [0.15, 0.2) is 23.1 Å². The smallest absolute Gasteiger partial charge is 0.221 e. The number of ether oxygens (including phenoxy) is 1. The van der Waals surface area contributed by atoms with Crippen molar-refractivity contribution in [2.75, 3.05) is 12.4 Å². The van der Waals surface area contributed by atoms with Crippen LogP contribution in [0.2, 0.25) is 0 Å². The van der Waals surface area contributed by atoms with Crippen LogP contribution in [0.25, 0.3) is 0 Å². The number of benzene rings is 1. The molecular formula is C9H10NO4S-. The molecule has 0 saturated carbocycles. The minimum atomic E-state index is -2.39. The summed E-state index contributed by atoms with van der Waals surface area (Å²) in [4.78, 5) is 10.8. The van der Waals surface area contributed by atoms with Crippen LogP contribution in [0.4, 0.5) is 5.69 Å². The van der Waals surface area contributed by atoms with Gasteiger partial charge in [0, 0.05) is 12.6 Å². The molecule has 0 spiro atoms. The summed E-state index contributed by atoms with van der Waals surface area (Å²) in [5.41, 5.74) is 0.419. The number of carbonyl (C=O) groups excluding carboxylic acids is 1. The molecule has 0 saturated heterocycles. The second-order valence-corrected chi connectivity index (χ2v) is 3.69. The van der Waals surface area contributed by atoms with E-state index in [-0.39, 0.29) is 16.6 Å². The van der Waals surface area contributed by atoms with Crippen LogP contribution in [0.5, 0.6) is 5.75 Å². The van der Waals surface area contributed by atoms with Crippen molar-refractivity contribution in [1.82, 2.24) is 0 Å². The number of anilines is 1. The molecule has 1 unspecified atom stereocenters. The minimum Gasteiger partial charge on any atom is -0.768 e. The van der Waals surface area contributed by atoms with E-state index in [1.54, 1.807) is 6.07 Å². The molecule has 0 aliphatic rings. The number of hydrogen-bond acceptors (Lipinski definition) is 4. The van der Waals surface area contributed by atoms with Gasteiger partial charge in [0.05, 0.1) is 12.0 Å². The zero-order chi connectivity index (χ0) is 11.4. The van der Waals surface area contributed by atoms with E-state index in [1.165, 1.54) is 26.2 Å². The molecule has 0 bridgehead atoms. The highest BCUT2D eigenvalue weighted by Crippen LogP contribution is 2.24. The third-order valence-electron chi connectivity index (χ3n) is 1.66. The maximum Gasteiger partial charge on any atom is 0.221 e. The first-order valence-electron chi connectivity index (χ1n) is 4.09. The molecule has 1 aromatic carbocycles. The summed E-state index contributed by atoms with van der Waals surface area (Å²) in [6.45, 7) is 1.35. The molecule has 1 aromatic rings. The lowest BCUT2D eigenvalue weighted by Crippen LogP contribution is -2.06. The van der Waals surface area contributed by atoms with Crippen LogP contribution >= 0.6 is 0 Å². The van der Waals surface area contributed by atoms with Gasteiger partial charge in [-0.15, -0.1) is 0 Å². The van der Waals surface area contributed by atoms with Crippen molar-refractivity contribution < 1.29 is 18.3 Å². The predicted molar refractivity (Wildman–Crippen MR) is 54.5 cm³/mol. The Morgan fingerprint density at radius 1 is 1.53 bits per heavy atom. The first kappa shape index (κ1) is 11.7. The maximum absolute atomic E-state index is 10.8. The number of carbonyl (C=O) groups is 1. The van der Waals surface area contributed by atoms with E-state index in [2.05, 4.69) is 5.32 Å². The zero-order valence-electron chi connectivity index (χ0n) is 8.27. The Balaban J connectivity index is 3.10. The van der Waals surface area contributed by atoms with Gasteiger partial charge >= 0.3 is 0 Å². The first-order valence-corrected chi connectivity index (χ1v) is 5.17. The third-order valence-corrected chi connectivity index (χ3v) is 2.34. The number of methoxy groups -OCH3 is 1. The van der Waals surface area contributed by atoms with Crippen molar-refractivity contribution in [2.45, 2.75) is 11.8 Å². The van der Waals surface area contributed by atoms with Gasteiger partial charge in [-0.25, -0.2) is 0 Å². The van der Waals surface area contributed by atoms with Crippen LogP contribution in [-0.4, -0.2) is 21.8 Å². The first-order chi connectivity index (χ1) is 7.04. The lowest BCUT2D eigenvalue weighted by Gasteiger charge is -2.12. The molecule has 0 aliphatic carbocycles. The molecule has 1 N–H and O–H groups in total. The van der Waals surface area contributed by atoms with Crippen molar-refractivity contribution in [1.29, 1.82) is 0 Å². The van der Waals surface area contributed by atoms with Gasteiger partial charge in [-0.2, -0.15) is 0 Å². The second kappa shape index (κ2) is 4.90. The molecule has 1 rings (SSSR count). The van der Waals surface area contributed by atoms with Crippen molar-refractivity contribution >= 4 is 22.7 Å². The van der Waals surface area contributed by atoms with E-state index in [4.69, 9.17) is 4.74 Å². The Kier molecular flexibility index (Phi) is 3.81. The average molecular weight is 228 g/mol. The van der Waals surface area contributed by atoms with E-state index < -0.39 is 11.1 Å². The lowest BCUT2D eigenvalue weighted by molar-refractivity contribution is -0.114. The summed E-state index contributed by atoms with van der Waals surface area (Å²) < 4.78 is 26.5. The molecule has 6 heteroatoms. The summed E-state index contributed by atoms with van der Waals surface area (Å²) in [5, 5.41) is 2.48. The molecule has 0 fully saturated rings. The van der Waals surface area contributed by atoms with Gasteiger partial charge in [-0.1, -0.05) is 0 Å². The van der Waals surface area contributed by atoms with Crippen LogP contribution < -0.4 is 10.1 Å². The van der Waals surface area contributed by atoms with Crippen molar-refractivity contribution in [3.05, 3.63) is 18.2 Å². The normalized spacial score (nSPS) is 11.9. The Morgan fingerprint density at radius 2 is 2.20 bits per heavy atom. The van der Waals surface area contributed by atoms with Gasteiger partial charge in [0.2, 0.25) is 5.91 Å². The SMILES string of the molecule is COc1ccc(NC(C)=O)cc1S(=O)[O-]. The molecule has 5 nitrogen and oxygen atoms in total. The van der Waals surface area contributed by atoms with Gasteiger partial charge in [0.25, 0.3) is 0 Å². The van der Waals surface area contributed by atoms with Gasteiger partial charge < -0.3 is 14.6 Å². The highest BCUT2D eigenvalue weighted by molar-refractivity contribution is 7.79. The summed E-state index contributed by atoms with van der Waals surface area (Å²) in [6, 6.07) is 4.39. The maximum atomic E-state index is 10.8. The van der Waals surface area contributed by atoms with E-state index in [9.17, 15) is 13.6 Å². The Bertz CT molecular complexity index is 405. The monoisotopic (exact) mass is 228 g/mol. The van der Waals surface area contributed by atoms with Gasteiger partial charge in [-0.3, -0.25) is 9.00 Å². The number of nitrogens with one attached hydrogen (secondary N) is 1. The number of rotatable bonds is 3. The molecular weight excluding hydrogens is 218 g/mol. The summed E-state index contributed by atoms with van der Waals surface area (Å²) >= 11 is -2.39. The fraction of sp³-hybridized carbons (Fsp3) is 0.222.